The first-order chi connectivity index (χ1) is 10.0. The number of rotatable bonds is 3. The minimum absolute atomic E-state index is 0.0676. The number of hydrogen-bond donors (Lipinski definition) is 0. The number of carbonyl (C=O) groups is 1. The third-order valence-corrected chi connectivity index (χ3v) is 4.92. The lowest BCUT2D eigenvalue weighted by molar-refractivity contribution is -0.148. The lowest BCUT2D eigenvalue weighted by Gasteiger charge is -2.27. The average Bonchev–Trinajstić information content (AvgIpc) is 3.17. The van der Waals surface area contributed by atoms with Crippen LogP contribution in [-0.2, 0) is 26.3 Å². The van der Waals surface area contributed by atoms with Gasteiger partial charge in [0.15, 0.2) is 0 Å². The van der Waals surface area contributed by atoms with Crippen LogP contribution in [0.15, 0.2) is 18.2 Å². The molecule has 0 N–H and O–H groups in total. The van der Waals surface area contributed by atoms with Crippen molar-refractivity contribution in [2.45, 2.75) is 44.3 Å². The van der Waals surface area contributed by atoms with E-state index in [4.69, 9.17) is 14.2 Å². The van der Waals surface area contributed by atoms with Gasteiger partial charge in [-0.05, 0) is 48.4 Å². The number of benzene rings is 1. The van der Waals surface area contributed by atoms with Gasteiger partial charge < -0.3 is 14.2 Å². The summed E-state index contributed by atoms with van der Waals surface area (Å²) in [5.74, 6) is 0.652. The maximum atomic E-state index is 12.4. The molecule has 1 heterocycles. The number of aryl methyl sites for hydroxylation is 1. The smallest absolute Gasteiger partial charge is 0.341 e. The molecule has 0 bridgehead atoms. The summed E-state index contributed by atoms with van der Waals surface area (Å²) in [6.45, 7) is 4.03. The first kappa shape index (κ1) is 14.4. The van der Waals surface area contributed by atoms with E-state index >= 15 is 0 Å². The highest BCUT2D eigenvalue weighted by Crippen LogP contribution is 2.65. The molecule has 0 aromatic heterocycles. The van der Waals surface area contributed by atoms with Crippen molar-refractivity contribution in [1.29, 1.82) is 0 Å². The molecular weight excluding hydrogens is 268 g/mol. The predicted octanol–water partition coefficient (Wildman–Crippen LogP) is 2.82. The topological polar surface area (TPSA) is 48.1 Å². The predicted molar refractivity (Wildman–Crippen MR) is 78.3 cm³/mol. The Hall–Kier alpha value is -1.55. The van der Waals surface area contributed by atoms with Crippen LogP contribution >= 0.6 is 0 Å². The van der Waals surface area contributed by atoms with Gasteiger partial charge in [-0.1, -0.05) is 19.9 Å². The van der Waals surface area contributed by atoms with Gasteiger partial charge in [0.1, 0.15) is 11.4 Å². The second kappa shape index (κ2) is 4.73. The molecule has 21 heavy (non-hydrogen) atoms. The number of ether oxygens (including phenoxy) is 3. The molecule has 2 atom stereocenters. The van der Waals surface area contributed by atoms with Crippen LogP contribution < -0.4 is 4.74 Å². The molecule has 1 spiro atoms. The molecule has 4 nitrogen and oxygen atoms in total. The Morgan fingerprint density at radius 1 is 1.33 bits per heavy atom. The highest BCUT2D eigenvalue weighted by molar-refractivity contribution is 5.86. The van der Waals surface area contributed by atoms with Gasteiger partial charge >= 0.3 is 5.97 Å². The lowest BCUT2D eigenvalue weighted by Crippen LogP contribution is -2.40. The van der Waals surface area contributed by atoms with Gasteiger partial charge in [0.05, 0.1) is 14.2 Å². The van der Waals surface area contributed by atoms with Crippen LogP contribution in [0.3, 0.4) is 0 Å². The van der Waals surface area contributed by atoms with Gasteiger partial charge in [-0.3, -0.25) is 0 Å². The van der Waals surface area contributed by atoms with Crippen LogP contribution in [0.2, 0.25) is 0 Å². The highest BCUT2D eigenvalue weighted by atomic mass is 16.7. The van der Waals surface area contributed by atoms with Crippen LogP contribution in [0.25, 0.3) is 0 Å². The minimum atomic E-state index is -0.842. The number of carbonyl (C=O) groups excluding carboxylic acids is 1. The standard InChI is InChI=1S/C17H22O4/c1-11(2)17(15(18)20-4)16(21-17)9-5-6-12-10-13(19-3)7-8-14(12)16/h7-8,10-11H,5-6,9H2,1-4H3. The number of fused-ring (bicyclic) bond motifs is 2. The fraction of sp³-hybridized carbons (Fsp3) is 0.588. The normalized spacial score (nSPS) is 30.1. The number of hydrogen-bond acceptors (Lipinski definition) is 4. The third-order valence-electron chi connectivity index (χ3n) is 4.92. The zero-order valence-electron chi connectivity index (χ0n) is 13.1. The average molecular weight is 290 g/mol. The number of epoxide rings is 1. The van der Waals surface area contributed by atoms with E-state index in [1.54, 1.807) is 7.11 Å². The van der Waals surface area contributed by atoms with E-state index in [0.717, 1.165) is 30.6 Å². The third kappa shape index (κ3) is 1.75. The minimum Gasteiger partial charge on any atom is -0.497 e. The highest BCUT2D eigenvalue weighted by Gasteiger charge is 2.77. The first-order valence-corrected chi connectivity index (χ1v) is 7.48. The van der Waals surface area contributed by atoms with E-state index in [9.17, 15) is 4.79 Å². The van der Waals surface area contributed by atoms with Gasteiger partial charge in [0, 0.05) is 0 Å². The van der Waals surface area contributed by atoms with Crippen LogP contribution in [0.5, 0.6) is 5.75 Å². The maximum Gasteiger partial charge on any atom is 0.341 e. The Morgan fingerprint density at radius 2 is 2.10 bits per heavy atom. The second-order valence-corrected chi connectivity index (χ2v) is 6.19. The molecule has 1 aliphatic heterocycles. The Morgan fingerprint density at radius 3 is 2.71 bits per heavy atom. The SMILES string of the molecule is COC(=O)C1(C(C)C)OC12CCCc1cc(OC)ccc12. The van der Waals surface area contributed by atoms with Crippen molar-refractivity contribution in [3.05, 3.63) is 29.3 Å². The molecule has 0 saturated carbocycles. The van der Waals surface area contributed by atoms with Crippen molar-refractivity contribution in [3.8, 4) is 5.75 Å². The van der Waals surface area contributed by atoms with E-state index in [2.05, 4.69) is 6.07 Å². The van der Waals surface area contributed by atoms with Gasteiger partial charge in [-0.2, -0.15) is 0 Å². The number of methoxy groups -OCH3 is 2. The molecule has 2 aliphatic rings. The summed E-state index contributed by atoms with van der Waals surface area (Å²) >= 11 is 0. The molecule has 4 heteroatoms. The summed E-state index contributed by atoms with van der Waals surface area (Å²) in [6, 6.07) is 6.04. The lowest BCUT2D eigenvalue weighted by atomic mass is 9.72. The molecule has 1 saturated heterocycles. The molecule has 1 aromatic carbocycles. The van der Waals surface area contributed by atoms with Crippen molar-refractivity contribution in [2.75, 3.05) is 14.2 Å². The van der Waals surface area contributed by atoms with E-state index in [0.29, 0.717) is 0 Å². The van der Waals surface area contributed by atoms with Crippen LogP contribution in [0, 0.1) is 5.92 Å². The Bertz CT molecular complexity index is 580. The summed E-state index contributed by atoms with van der Waals surface area (Å²) < 4.78 is 16.5. The molecule has 0 amide bonds. The van der Waals surface area contributed by atoms with E-state index in [-0.39, 0.29) is 11.9 Å². The van der Waals surface area contributed by atoms with Crippen molar-refractivity contribution in [1.82, 2.24) is 0 Å². The van der Waals surface area contributed by atoms with Crippen molar-refractivity contribution >= 4 is 5.97 Å². The van der Waals surface area contributed by atoms with Gasteiger partial charge in [-0.25, -0.2) is 4.79 Å². The Balaban J connectivity index is 2.08. The van der Waals surface area contributed by atoms with Crippen LogP contribution in [0.1, 0.15) is 37.8 Å². The van der Waals surface area contributed by atoms with Gasteiger partial charge in [0.25, 0.3) is 0 Å². The zero-order valence-corrected chi connectivity index (χ0v) is 13.1. The maximum absolute atomic E-state index is 12.4. The molecule has 3 rings (SSSR count). The molecule has 1 aliphatic carbocycles. The molecule has 1 fully saturated rings. The van der Waals surface area contributed by atoms with E-state index in [1.807, 2.05) is 26.0 Å². The summed E-state index contributed by atoms with van der Waals surface area (Å²) in [4.78, 5) is 12.4. The molecular formula is C17H22O4. The summed E-state index contributed by atoms with van der Waals surface area (Å²) in [5, 5.41) is 0. The largest absolute Gasteiger partial charge is 0.497 e. The molecule has 2 unspecified atom stereocenters. The molecule has 1 aromatic rings. The second-order valence-electron chi connectivity index (χ2n) is 6.19. The zero-order chi connectivity index (χ0) is 15.3. The van der Waals surface area contributed by atoms with Crippen LogP contribution in [0.4, 0.5) is 0 Å². The van der Waals surface area contributed by atoms with E-state index < -0.39 is 11.2 Å². The summed E-state index contributed by atoms with van der Waals surface area (Å²) in [7, 11) is 3.10. The molecule has 114 valence electrons. The van der Waals surface area contributed by atoms with Gasteiger partial charge in [0.2, 0.25) is 5.60 Å². The monoisotopic (exact) mass is 290 g/mol. The van der Waals surface area contributed by atoms with Gasteiger partial charge in [-0.15, -0.1) is 0 Å². The molecule has 0 radical (unpaired) electrons. The van der Waals surface area contributed by atoms with Crippen molar-refractivity contribution < 1.29 is 19.0 Å². The Kier molecular flexibility index (Phi) is 3.24. The Labute approximate surface area is 125 Å². The summed E-state index contributed by atoms with van der Waals surface area (Å²) in [5.41, 5.74) is 0.972. The quantitative estimate of drug-likeness (QED) is 0.634. The van der Waals surface area contributed by atoms with Crippen molar-refractivity contribution in [2.24, 2.45) is 5.92 Å². The van der Waals surface area contributed by atoms with Crippen LogP contribution in [-0.4, -0.2) is 25.8 Å². The first-order valence-electron chi connectivity index (χ1n) is 7.48. The summed E-state index contributed by atoms with van der Waals surface area (Å²) in [6.07, 6.45) is 2.86. The number of esters is 1. The van der Waals surface area contributed by atoms with Crippen molar-refractivity contribution in [3.63, 3.8) is 0 Å². The van der Waals surface area contributed by atoms with E-state index in [1.165, 1.54) is 12.7 Å². The fourth-order valence-corrected chi connectivity index (χ4v) is 3.88. The fourth-order valence-electron chi connectivity index (χ4n) is 3.88.